The van der Waals surface area contributed by atoms with Gasteiger partial charge in [0.2, 0.25) is 5.95 Å². The van der Waals surface area contributed by atoms with Crippen molar-refractivity contribution in [3.63, 3.8) is 0 Å². The molecule has 2 aromatic rings. The summed E-state index contributed by atoms with van der Waals surface area (Å²) >= 11 is 1.48. The molecule has 0 aromatic carbocycles. The molecule has 0 saturated carbocycles. The van der Waals surface area contributed by atoms with Gasteiger partial charge >= 0.3 is 0 Å². The summed E-state index contributed by atoms with van der Waals surface area (Å²) in [6.07, 6.45) is -2.69. The summed E-state index contributed by atoms with van der Waals surface area (Å²) in [6, 6.07) is 0. The maximum atomic E-state index is 10.1. The molecule has 0 bridgehead atoms. The number of nitrogens with zero attached hydrogens (tertiary/aromatic N) is 4. The summed E-state index contributed by atoms with van der Waals surface area (Å²) in [4.78, 5) is 12.6. The van der Waals surface area contributed by atoms with Gasteiger partial charge in [0, 0.05) is 0 Å². The van der Waals surface area contributed by atoms with Gasteiger partial charge in [0.25, 0.3) is 0 Å². The van der Waals surface area contributed by atoms with Crippen LogP contribution in [-0.2, 0) is 4.74 Å². The zero-order valence-electron chi connectivity index (χ0n) is 11.8. The Bertz CT molecular complexity index is 681. The lowest BCUT2D eigenvalue weighted by Crippen LogP contribution is -2.33. The van der Waals surface area contributed by atoms with E-state index in [1.807, 2.05) is 6.92 Å². The number of imidazole rings is 1. The van der Waals surface area contributed by atoms with Gasteiger partial charge in [-0.3, -0.25) is 4.57 Å². The van der Waals surface area contributed by atoms with Crippen molar-refractivity contribution in [2.45, 2.75) is 36.5 Å². The van der Waals surface area contributed by atoms with E-state index in [0.29, 0.717) is 16.2 Å². The van der Waals surface area contributed by atoms with Crippen molar-refractivity contribution in [2.75, 3.05) is 18.1 Å². The van der Waals surface area contributed by atoms with E-state index in [0.717, 1.165) is 5.75 Å². The van der Waals surface area contributed by atoms with Gasteiger partial charge in [-0.1, -0.05) is 6.92 Å². The molecular weight excluding hydrogens is 310 g/mol. The van der Waals surface area contributed by atoms with E-state index in [-0.39, 0.29) is 5.95 Å². The number of anilines is 1. The molecule has 10 heteroatoms. The van der Waals surface area contributed by atoms with Gasteiger partial charge in [-0.25, -0.2) is 9.97 Å². The molecule has 0 radical (unpaired) electrons. The first-order valence-electron chi connectivity index (χ1n) is 6.82. The predicted molar refractivity (Wildman–Crippen MR) is 79.1 cm³/mol. The Morgan fingerprint density at radius 1 is 1.36 bits per heavy atom. The van der Waals surface area contributed by atoms with E-state index in [9.17, 15) is 15.3 Å². The van der Waals surface area contributed by atoms with Crippen LogP contribution in [0, 0.1) is 0 Å². The first kappa shape index (κ1) is 15.4. The highest BCUT2D eigenvalue weighted by Gasteiger charge is 2.44. The highest BCUT2D eigenvalue weighted by molar-refractivity contribution is 7.99. The Morgan fingerprint density at radius 3 is 2.77 bits per heavy atom. The molecule has 120 valence electrons. The zero-order chi connectivity index (χ0) is 15.9. The number of aliphatic hydroxyl groups excluding tert-OH is 3. The van der Waals surface area contributed by atoms with Crippen LogP contribution in [0.5, 0.6) is 0 Å². The minimum Gasteiger partial charge on any atom is -0.394 e. The minimum atomic E-state index is -1.20. The first-order chi connectivity index (χ1) is 10.6. The quantitative estimate of drug-likeness (QED) is 0.417. The van der Waals surface area contributed by atoms with E-state index < -0.39 is 31.1 Å². The highest BCUT2D eigenvalue weighted by atomic mass is 32.2. The molecule has 5 N–H and O–H groups in total. The Kier molecular flexibility index (Phi) is 4.19. The molecule has 22 heavy (non-hydrogen) atoms. The second-order valence-corrected chi connectivity index (χ2v) is 6.13. The molecule has 0 spiro atoms. The van der Waals surface area contributed by atoms with E-state index in [1.54, 1.807) is 0 Å². The minimum absolute atomic E-state index is 0.0944. The molecule has 0 amide bonds. The summed E-state index contributed by atoms with van der Waals surface area (Å²) in [6.45, 7) is 1.59. The van der Waals surface area contributed by atoms with E-state index in [1.165, 1.54) is 22.7 Å². The molecule has 1 saturated heterocycles. The molecular formula is C12H17N5O4S. The molecule has 0 unspecified atom stereocenters. The van der Waals surface area contributed by atoms with Crippen molar-refractivity contribution in [3.05, 3.63) is 6.33 Å². The summed E-state index contributed by atoms with van der Waals surface area (Å²) < 4.78 is 6.99. The summed E-state index contributed by atoms with van der Waals surface area (Å²) in [5.41, 5.74) is 6.70. The first-order valence-corrected chi connectivity index (χ1v) is 7.80. The van der Waals surface area contributed by atoms with Crippen molar-refractivity contribution in [1.82, 2.24) is 19.5 Å². The van der Waals surface area contributed by atoms with Crippen LogP contribution in [0.1, 0.15) is 13.2 Å². The van der Waals surface area contributed by atoms with E-state index in [2.05, 4.69) is 15.0 Å². The maximum Gasteiger partial charge on any atom is 0.223 e. The number of aromatic nitrogens is 4. The Morgan fingerprint density at radius 2 is 2.14 bits per heavy atom. The number of aliphatic hydroxyl groups is 3. The van der Waals surface area contributed by atoms with Crippen LogP contribution in [0.2, 0.25) is 0 Å². The third kappa shape index (κ3) is 2.42. The second kappa shape index (κ2) is 5.97. The number of rotatable bonds is 4. The van der Waals surface area contributed by atoms with Crippen LogP contribution in [0.4, 0.5) is 5.95 Å². The molecule has 2 aromatic heterocycles. The van der Waals surface area contributed by atoms with Crippen molar-refractivity contribution in [1.29, 1.82) is 0 Å². The van der Waals surface area contributed by atoms with Crippen LogP contribution >= 0.6 is 11.8 Å². The molecule has 1 aliphatic rings. The van der Waals surface area contributed by atoms with Gasteiger partial charge < -0.3 is 25.8 Å². The van der Waals surface area contributed by atoms with Crippen LogP contribution in [0.3, 0.4) is 0 Å². The van der Waals surface area contributed by atoms with E-state index in [4.69, 9.17) is 10.5 Å². The Hall–Kier alpha value is -1.46. The predicted octanol–water partition coefficient (Wildman–Crippen LogP) is -0.868. The monoisotopic (exact) mass is 327 g/mol. The number of ether oxygens (including phenoxy) is 1. The molecule has 3 heterocycles. The van der Waals surface area contributed by atoms with Gasteiger partial charge in [-0.15, -0.1) is 11.8 Å². The maximum absolute atomic E-state index is 10.1. The van der Waals surface area contributed by atoms with Crippen LogP contribution in [-0.4, -0.2) is 65.5 Å². The van der Waals surface area contributed by atoms with Crippen LogP contribution in [0.15, 0.2) is 11.4 Å². The SMILES string of the molecule is CCSc1nc(N)nc2c1ncn2[C@H]1O[C@@H](CO)[C@@H](O)[C@H]1O. The molecule has 3 rings (SSSR count). The third-order valence-corrected chi connectivity index (χ3v) is 4.33. The molecule has 4 atom stereocenters. The van der Waals surface area contributed by atoms with Gasteiger partial charge in [0.15, 0.2) is 11.9 Å². The number of thioether (sulfide) groups is 1. The summed E-state index contributed by atoms with van der Waals surface area (Å²) in [7, 11) is 0. The topological polar surface area (TPSA) is 140 Å². The van der Waals surface area contributed by atoms with Crippen LogP contribution < -0.4 is 5.73 Å². The average molecular weight is 327 g/mol. The van der Waals surface area contributed by atoms with Crippen molar-refractivity contribution in [3.8, 4) is 0 Å². The number of nitrogens with two attached hydrogens (primary N) is 1. The molecule has 1 fully saturated rings. The molecule has 9 nitrogen and oxygen atoms in total. The Balaban J connectivity index is 2.05. The average Bonchev–Trinajstić information content (AvgIpc) is 3.02. The lowest BCUT2D eigenvalue weighted by atomic mass is 10.1. The largest absolute Gasteiger partial charge is 0.394 e. The number of hydrogen-bond donors (Lipinski definition) is 4. The van der Waals surface area contributed by atoms with E-state index >= 15 is 0 Å². The highest BCUT2D eigenvalue weighted by Crippen LogP contribution is 2.33. The zero-order valence-corrected chi connectivity index (χ0v) is 12.6. The lowest BCUT2D eigenvalue weighted by molar-refractivity contribution is -0.0511. The lowest BCUT2D eigenvalue weighted by Gasteiger charge is -2.16. The fourth-order valence-electron chi connectivity index (χ4n) is 2.44. The van der Waals surface area contributed by atoms with Crippen molar-refractivity contribution < 1.29 is 20.1 Å². The fourth-order valence-corrected chi connectivity index (χ4v) is 3.15. The second-order valence-electron chi connectivity index (χ2n) is 4.87. The number of nitrogen functional groups attached to an aromatic ring is 1. The van der Waals surface area contributed by atoms with Gasteiger partial charge in [-0.05, 0) is 5.75 Å². The Labute approximate surface area is 130 Å². The fraction of sp³-hybridized carbons (Fsp3) is 0.583. The van der Waals surface area contributed by atoms with Crippen LogP contribution in [0.25, 0.3) is 11.2 Å². The smallest absolute Gasteiger partial charge is 0.223 e. The van der Waals surface area contributed by atoms with Crippen molar-refractivity contribution >= 4 is 28.9 Å². The standard InChI is InChI=1S/C12H17N5O4S/c1-2-22-10-6-9(15-12(13)16-10)17(4-14-6)11-8(20)7(19)5(3-18)21-11/h4-5,7-8,11,18-20H,2-3H2,1H3,(H2,13,15,16)/t5-,7+,8+,11-/m0/s1. The summed E-state index contributed by atoms with van der Waals surface area (Å²) in [5, 5.41) is 29.8. The van der Waals surface area contributed by atoms with Crippen molar-refractivity contribution in [2.24, 2.45) is 0 Å². The van der Waals surface area contributed by atoms with Gasteiger partial charge in [0.1, 0.15) is 28.9 Å². The molecule has 0 aliphatic carbocycles. The van der Waals surface area contributed by atoms with Gasteiger partial charge in [-0.2, -0.15) is 4.98 Å². The third-order valence-electron chi connectivity index (χ3n) is 3.48. The number of fused-ring (bicyclic) bond motifs is 1. The van der Waals surface area contributed by atoms with Gasteiger partial charge in [0.05, 0.1) is 12.9 Å². The molecule has 1 aliphatic heterocycles. The number of hydrogen-bond acceptors (Lipinski definition) is 9. The normalized spacial score (nSPS) is 28.5. The summed E-state index contributed by atoms with van der Waals surface area (Å²) in [5.74, 6) is 0.892.